The van der Waals surface area contributed by atoms with Crippen LogP contribution in [0.1, 0.15) is 31.4 Å². The van der Waals surface area contributed by atoms with E-state index in [0.29, 0.717) is 12.2 Å². The standard InChI is InChI=1S/C12H14O.C5H5.F6P.Ru/c1-12(2)10-6-4-3-5-9(10)7-8-11(12)13;1-2-4-5-3-1;1-7(2,3,4,5)6;/h3-6H,7-8H2,1-2H3;1-5H;;/q;;-1;+2. The number of carbonyl (C=O) groups is 1. The Morgan fingerprint density at radius 1 is 0.808 bits per heavy atom. The monoisotopic (exact) mass is 486 g/mol. The topological polar surface area (TPSA) is 17.1 Å². The maximum absolute atomic E-state index is 11.7. The Hall–Kier alpha value is -0.477. The smallest absolute Gasteiger partial charge is 0.0312 e. The van der Waals surface area contributed by atoms with E-state index in [1.54, 1.807) is 0 Å². The van der Waals surface area contributed by atoms with E-state index in [1.165, 1.54) is 11.1 Å². The van der Waals surface area contributed by atoms with Crippen LogP contribution in [0.15, 0.2) is 24.3 Å². The largest absolute Gasteiger partial charge is 2.00 e. The molecule has 5 radical (unpaired) electrons. The van der Waals surface area contributed by atoms with E-state index in [9.17, 15) is 30.0 Å². The minimum absolute atomic E-state index is 0. The van der Waals surface area contributed by atoms with Crippen molar-refractivity contribution in [3.8, 4) is 0 Å². The van der Waals surface area contributed by atoms with Gasteiger partial charge in [-0.3, -0.25) is 4.79 Å². The van der Waals surface area contributed by atoms with Gasteiger partial charge in [0.15, 0.2) is 0 Å². The molecule has 3 rings (SSSR count). The molecule has 26 heavy (non-hydrogen) atoms. The van der Waals surface area contributed by atoms with Crippen LogP contribution < -0.4 is 0 Å². The Labute approximate surface area is 162 Å². The van der Waals surface area contributed by atoms with Crippen molar-refractivity contribution in [2.24, 2.45) is 0 Å². The van der Waals surface area contributed by atoms with Crippen LogP contribution in [-0.4, -0.2) is 5.78 Å². The van der Waals surface area contributed by atoms with Gasteiger partial charge in [-0.2, -0.15) is 0 Å². The molecule has 2 aliphatic carbocycles. The summed E-state index contributed by atoms with van der Waals surface area (Å²) < 4.78 is 59.2. The van der Waals surface area contributed by atoms with Gasteiger partial charge in [-0.1, -0.05) is 24.3 Å². The number of hydrogen-bond acceptors (Lipinski definition) is 1. The third-order valence-electron chi connectivity index (χ3n) is 3.56. The Morgan fingerprint density at radius 3 is 1.62 bits per heavy atom. The van der Waals surface area contributed by atoms with Gasteiger partial charge in [0.05, 0.1) is 0 Å². The second-order valence-corrected chi connectivity index (χ2v) is 8.04. The van der Waals surface area contributed by atoms with Crippen LogP contribution in [0.4, 0.5) is 25.2 Å². The fourth-order valence-corrected chi connectivity index (χ4v) is 2.38. The fourth-order valence-electron chi connectivity index (χ4n) is 2.38. The molecule has 0 atom stereocenters. The second-order valence-electron chi connectivity index (χ2n) is 6.13. The average Bonchev–Trinajstić information content (AvgIpc) is 2.99. The summed E-state index contributed by atoms with van der Waals surface area (Å²) >= 11 is 0. The van der Waals surface area contributed by atoms with E-state index in [4.69, 9.17) is 0 Å². The number of Topliss-reactive ketones (excluding diaryl/α,β-unsaturated/α-hetero) is 1. The molecule has 1 aromatic carbocycles. The SMILES string of the molecule is CC1(C)C(=O)CCc2ccccc21.F[P-](F)(F)(F)(F)F.[CH]1[CH][CH][CH][CH]1.[Ru+2]. The van der Waals surface area contributed by atoms with Gasteiger partial charge in [-0.05, 0) is 63.5 Å². The van der Waals surface area contributed by atoms with Crippen molar-refractivity contribution < 1.29 is 49.5 Å². The van der Waals surface area contributed by atoms with E-state index in [1.807, 2.05) is 58.1 Å². The van der Waals surface area contributed by atoms with Crippen LogP contribution >= 0.6 is 7.81 Å². The third kappa shape index (κ3) is 11.3. The van der Waals surface area contributed by atoms with Gasteiger partial charge < -0.3 is 0 Å². The number of rotatable bonds is 0. The van der Waals surface area contributed by atoms with Crippen LogP contribution in [0.5, 0.6) is 0 Å². The van der Waals surface area contributed by atoms with E-state index < -0.39 is 7.81 Å². The predicted octanol–water partition coefficient (Wildman–Crippen LogP) is 6.88. The van der Waals surface area contributed by atoms with Gasteiger partial charge in [0.1, 0.15) is 5.78 Å². The van der Waals surface area contributed by atoms with Gasteiger partial charge in [-0.15, -0.1) is 0 Å². The molecule has 0 heterocycles. The molecular weight excluding hydrogens is 466 g/mol. The summed E-state index contributed by atoms with van der Waals surface area (Å²) in [5.74, 6) is 0.367. The van der Waals surface area contributed by atoms with Crippen molar-refractivity contribution in [2.75, 3.05) is 0 Å². The average molecular weight is 485 g/mol. The molecule has 0 unspecified atom stereocenters. The number of halogens is 6. The summed E-state index contributed by atoms with van der Waals surface area (Å²) in [6, 6.07) is 8.26. The second kappa shape index (κ2) is 8.26. The first-order chi connectivity index (χ1) is 11.1. The first-order valence-electron chi connectivity index (χ1n) is 7.42. The first kappa shape index (κ1) is 25.5. The third-order valence-corrected chi connectivity index (χ3v) is 3.56. The molecular formula is C17H19F6OPRu+. The van der Waals surface area contributed by atoms with Crippen LogP contribution in [-0.2, 0) is 36.1 Å². The fraction of sp³-hybridized carbons (Fsp3) is 0.294. The Kier molecular flexibility index (Phi) is 8.11. The quantitative estimate of drug-likeness (QED) is 0.223. The number of aryl methyl sites for hydroxylation is 1. The summed E-state index contributed by atoms with van der Waals surface area (Å²) in [6.07, 6.45) is 11.6. The minimum Gasteiger partial charge on any atom is -0.0312 e. The van der Waals surface area contributed by atoms with Gasteiger partial charge in [0, 0.05) is 11.8 Å². The molecule has 0 bridgehead atoms. The molecule has 0 aliphatic heterocycles. The maximum atomic E-state index is 11.7. The van der Waals surface area contributed by atoms with Crippen LogP contribution in [0.2, 0.25) is 0 Å². The molecule has 9 heteroatoms. The van der Waals surface area contributed by atoms with Crippen molar-refractivity contribution >= 4 is 13.6 Å². The zero-order valence-corrected chi connectivity index (χ0v) is 16.7. The molecule has 1 saturated carbocycles. The van der Waals surface area contributed by atoms with Gasteiger partial charge in [0.2, 0.25) is 0 Å². The van der Waals surface area contributed by atoms with Gasteiger partial charge >= 0.3 is 52.5 Å². The van der Waals surface area contributed by atoms with Crippen molar-refractivity contribution in [1.82, 2.24) is 0 Å². The molecule has 1 nitrogen and oxygen atoms in total. The molecule has 0 spiro atoms. The summed E-state index contributed by atoms with van der Waals surface area (Å²) in [5.41, 5.74) is 2.29. The van der Waals surface area contributed by atoms with Crippen LogP contribution in [0.25, 0.3) is 0 Å². The summed E-state index contributed by atoms with van der Waals surface area (Å²) in [5, 5.41) is 0. The summed E-state index contributed by atoms with van der Waals surface area (Å²) in [6.45, 7) is 4.04. The Morgan fingerprint density at radius 2 is 1.19 bits per heavy atom. The molecule has 1 aromatic rings. The van der Waals surface area contributed by atoms with Crippen LogP contribution in [0.3, 0.4) is 0 Å². The number of benzene rings is 1. The van der Waals surface area contributed by atoms with Crippen LogP contribution in [0, 0.1) is 32.1 Å². The van der Waals surface area contributed by atoms with Gasteiger partial charge in [0.25, 0.3) is 0 Å². The van der Waals surface area contributed by atoms with Gasteiger partial charge in [-0.25, -0.2) is 0 Å². The molecule has 0 N–H and O–H groups in total. The minimum atomic E-state index is -10.7. The number of carbonyl (C=O) groups excluding carboxylic acids is 1. The molecule has 0 saturated heterocycles. The molecule has 0 aromatic heterocycles. The zero-order chi connectivity index (χ0) is 19.4. The van der Waals surface area contributed by atoms with Crippen molar-refractivity contribution in [3.63, 3.8) is 0 Å². The summed E-state index contributed by atoms with van der Waals surface area (Å²) in [4.78, 5) is 11.7. The van der Waals surface area contributed by atoms with E-state index in [2.05, 4.69) is 12.1 Å². The number of ketones is 1. The summed E-state index contributed by atoms with van der Waals surface area (Å²) in [7, 11) is -10.7. The van der Waals surface area contributed by atoms with Crippen molar-refractivity contribution in [1.29, 1.82) is 0 Å². The van der Waals surface area contributed by atoms with Crippen molar-refractivity contribution in [3.05, 3.63) is 67.5 Å². The number of hydrogen-bond donors (Lipinski definition) is 0. The zero-order valence-electron chi connectivity index (χ0n) is 14.1. The Balaban J connectivity index is 0.000000408. The molecule has 2 aliphatic rings. The van der Waals surface area contributed by atoms with E-state index >= 15 is 0 Å². The Bertz CT molecular complexity index is 590. The maximum Gasteiger partial charge on any atom is 2.00 e. The number of fused-ring (bicyclic) bond motifs is 1. The normalized spacial score (nSPS) is 20.7. The first-order valence-corrected chi connectivity index (χ1v) is 9.45. The molecule has 1 fully saturated rings. The van der Waals surface area contributed by atoms with E-state index in [0.717, 1.165) is 6.42 Å². The molecule has 0 amide bonds. The van der Waals surface area contributed by atoms with E-state index in [-0.39, 0.29) is 24.9 Å². The van der Waals surface area contributed by atoms with Crippen molar-refractivity contribution in [2.45, 2.75) is 32.1 Å². The predicted molar refractivity (Wildman–Crippen MR) is 87.9 cm³/mol. The molecule has 147 valence electrons.